The number of hydrogen-bond donors (Lipinski definition) is 1. The molecule has 4 nitrogen and oxygen atoms in total. The van der Waals surface area contributed by atoms with Crippen molar-refractivity contribution < 1.29 is 0 Å². The number of nitrogens with one attached hydrogen (secondary N) is 1. The van der Waals surface area contributed by atoms with E-state index in [9.17, 15) is 0 Å². The van der Waals surface area contributed by atoms with Crippen molar-refractivity contribution in [2.45, 2.75) is 19.8 Å². The lowest BCUT2D eigenvalue weighted by Crippen LogP contribution is -2.18. The summed E-state index contributed by atoms with van der Waals surface area (Å²) in [5, 5.41) is 3.39. The van der Waals surface area contributed by atoms with Crippen LogP contribution in [0.25, 0.3) is 0 Å². The lowest BCUT2D eigenvalue weighted by atomic mass is 10.2. The zero-order valence-electron chi connectivity index (χ0n) is 10.9. The highest BCUT2D eigenvalue weighted by Crippen LogP contribution is 2.02. The molecule has 1 aliphatic rings. The number of hydrogen-bond acceptors (Lipinski definition) is 4. The normalized spacial score (nSPS) is 17.4. The number of aryl methyl sites for hydroxylation is 1. The van der Waals surface area contributed by atoms with Gasteiger partial charge in [-0.1, -0.05) is 0 Å². The van der Waals surface area contributed by atoms with Crippen LogP contribution in [0.5, 0.6) is 0 Å². The van der Waals surface area contributed by atoms with Crippen LogP contribution in [0.1, 0.15) is 29.8 Å². The average molecular weight is 244 g/mol. The van der Waals surface area contributed by atoms with Crippen LogP contribution in [0, 0.1) is 6.92 Å². The topological polar surface area (TPSA) is 49.6 Å². The molecule has 1 aromatic heterocycles. The van der Waals surface area contributed by atoms with Crippen LogP contribution in [0.15, 0.2) is 22.1 Å². The lowest BCUT2D eigenvalue weighted by Gasteiger charge is -2.03. The van der Waals surface area contributed by atoms with Gasteiger partial charge in [0.15, 0.2) is 0 Å². The molecule has 1 aromatic rings. The first-order valence-corrected chi connectivity index (χ1v) is 6.54. The highest BCUT2D eigenvalue weighted by molar-refractivity contribution is 5.82. The molecule has 0 saturated heterocycles. The zero-order valence-corrected chi connectivity index (χ0v) is 10.9. The van der Waals surface area contributed by atoms with Crippen LogP contribution in [0.2, 0.25) is 0 Å². The molecule has 2 bridgehead atoms. The van der Waals surface area contributed by atoms with Crippen molar-refractivity contribution in [1.82, 2.24) is 10.3 Å². The Morgan fingerprint density at radius 3 is 2.06 bits per heavy atom. The van der Waals surface area contributed by atoms with Gasteiger partial charge in [0.25, 0.3) is 0 Å². The van der Waals surface area contributed by atoms with Crippen molar-refractivity contribution in [1.29, 1.82) is 0 Å². The van der Waals surface area contributed by atoms with Gasteiger partial charge in [-0.3, -0.25) is 9.98 Å². The molecule has 0 radical (unpaired) electrons. The van der Waals surface area contributed by atoms with Crippen molar-refractivity contribution in [2.75, 3.05) is 26.2 Å². The van der Waals surface area contributed by atoms with Crippen LogP contribution in [0.4, 0.5) is 0 Å². The fourth-order valence-electron chi connectivity index (χ4n) is 1.89. The fraction of sp³-hybridized carbons (Fsp3) is 0.500. The van der Waals surface area contributed by atoms with Gasteiger partial charge in [-0.2, -0.15) is 0 Å². The molecule has 2 heterocycles. The van der Waals surface area contributed by atoms with Crippen molar-refractivity contribution in [3.8, 4) is 0 Å². The largest absolute Gasteiger partial charge is 0.317 e. The molecular formula is C14H20N4. The minimum atomic E-state index is 0.853. The zero-order chi connectivity index (χ0) is 12.6. The molecule has 0 unspecified atom stereocenters. The summed E-state index contributed by atoms with van der Waals surface area (Å²) in [6, 6.07) is 4.09. The second kappa shape index (κ2) is 7.01. The summed E-state index contributed by atoms with van der Waals surface area (Å²) in [7, 11) is 0. The summed E-state index contributed by atoms with van der Waals surface area (Å²) in [6.45, 7) is 5.82. The van der Waals surface area contributed by atoms with Gasteiger partial charge in [-0.15, -0.1) is 0 Å². The first kappa shape index (κ1) is 12.9. The molecule has 0 saturated carbocycles. The van der Waals surface area contributed by atoms with Gasteiger partial charge in [0.1, 0.15) is 0 Å². The van der Waals surface area contributed by atoms with Gasteiger partial charge < -0.3 is 5.32 Å². The molecule has 4 heteroatoms. The quantitative estimate of drug-likeness (QED) is 0.754. The average Bonchev–Trinajstić information content (AvgIpc) is 2.34. The predicted molar refractivity (Wildman–Crippen MR) is 76.0 cm³/mol. The maximum Gasteiger partial charge on any atom is 0.0818 e. The Balaban J connectivity index is 2.16. The van der Waals surface area contributed by atoms with E-state index in [1.807, 2.05) is 24.6 Å². The third-order valence-corrected chi connectivity index (χ3v) is 2.74. The molecule has 0 spiro atoms. The number of rotatable bonds is 0. The number of fused-ring (bicyclic) bond motifs is 2. The standard InChI is InChI=1S/C14H20N4/c1-12-8-13-10-16-6-2-4-15-5-3-7-17-11-14(9-12)18-13/h8-11,15H,2-7H2,1H3. The first-order chi connectivity index (χ1) is 8.84. The SMILES string of the molecule is Cc1cc2nc(c1)C=NCCCNCCCN=C2. The van der Waals surface area contributed by atoms with Gasteiger partial charge in [-0.05, 0) is 50.6 Å². The Kier molecular flexibility index (Phi) is 5.02. The molecule has 18 heavy (non-hydrogen) atoms. The van der Waals surface area contributed by atoms with E-state index >= 15 is 0 Å². The van der Waals surface area contributed by atoms with E-state index in [1.54, 1.807) is 0 Å². The van der Waals surface area contributed by atoms with Crippen LogP contribution >= 0.6 is 0 Å². The summed E-state index contributed by atoms with van der Waals surface area (Å²) < 4.78 is 0. The molecular weight excluding hydrogens is 224 g/mol. The van der Waals surface area contributed by atoms with E-state index in [1.165, 1.54) is 5.56 Å². The maximum absolute atomic E-state index is 4.51. The Labute approximate surface area is 108 Å². The maximum atomic E-state index is 4.51. The summed E-state index contributed by atoms with van der Waals surface area (Å²) in [5.74, 6) is 0. The van der Waals surface area contributed by atoms with Gasteiger partial charge in [0.2, 0.25) is 0 Å². The Bertz CT molecular complexity index is 401. The van der Waals surface area contributed by atoms with Crippen LogP contribution in [0.3, 0.4) is 0 Å². The first-order valence-electron chi connectivity index (χ1n) is 6.54. The molecule has 0 aromatic carbocycles. The fourth-order valence-corrected chi connectivity index (χ4v) is 1.89. The highest BCUT2D eigenvalue weighted by Gasteiger charge is 1.97. The Morgan fingerprint density at radius 2 is 1.50 bits per heavy atom. The molecule has 1 aliphatic heterocycles. The molecule has 0 aliphatic carbocycles. The van der Waals surface area contributed by atoms with Crippen LogP contribution < -0.4 is 5.32 Å². The molecule has 2 rings (SSSR count). The van der Waals surface area contributed by atoms with Crippen LogP contribution in [-0.4, -0.2) is 43.6 Å². The number of pyridine rings is 1. The molecule has 0 atom stereocenters. The summed E-state index contributed by atoms with van der Waals surface area (Å²) in [4.78, 5) is 13.3. The number of aromatic nitrogens is 1. The Hall–Kier alpha value is -1.55. The van der Waals surface area contributed by atoms with E-state index in [4.69, 9.17) is 0 Å². The van der Waals surface area contributed by atoms with Gasteiger partial charge >= 0.3 is 0 Å². The smallest absolute Gasteiger partial charge is 0.0818 e. The van der Waals surface area contributed by atoms with Crippen molar-refractivity contribution in [3.05, 3.63) is 29.1 Å². The predicted octanol–water partition coefficient (Wildman–Crippen LogP) is 1.61. The third-order valence-electron chi connectivity index (χ3n) is 2.74. The van der Waals surface area contributed by atoms with Crippen LogP contribution in [-0.2, 0) is 0 Å². The molecule has 0 amide bonds. The van der Waals surface area contributed by atoms with Gasteiger partial charge in [-0.25, -0.2) is 4.98 Å². The minimum absolute atomic E-state index is 0.853. The van der Waals surface area contributed by atoms with Gasteiger partial charge in [0.05, 0.1) is 11.4 Å². The van der Waals surface area contributed by atoms with E-state index in [2.05, 4.69) is 27.2 Å². The van der Waals surface area contributed by atoms with E-state index in [0.717, 1.165) is 50.4 Å². The summed E-state index contributed by atoms with van der Waals surface area (Å²) in [6.07, 6.45) is 5.85. The second-order valence-electron chi connectivity index (χ2n) is 4.52. The molecule has 96 valence electrons. The van der Waals surface area contributed by atoms with Crippen molar-refractivity contribution in [2.24, 2.45) is 9.98 Å². The summed E-state index contributed by atoms with van der Waals surface area (Å²) in [5.41, 5.74) is 3.03. The highest BCUT2D eigenvalue weighted by atomic mass is 14.9. The lowest BCUT2D eigenvalue weighted by molar-refractivity contribution is 0.633. The third kappa shape index (κ3) is 4.37. The monoisotopic (exact) mass is 244 g/mol. The Morgan fingerprint density at radius 1 is 0.944 bits per heavy atom. The summed E-state index contributed by atoms with van der Waals surface area (Å²) >= 11 is 0. The van der Waals surface area contributed by atoms with Crippen molar-refractivity contribution in [3.63, 3.8) is 0 Å². The number of aliphatic imine (C=N–C) groups is 2. The van der Waals surface area contributed by atoms with E-state index in [-0.39, 0.29) is 0 Å². The molecule has 0 fully saturated rings. The minimum Gasteiger partial charge on any atom is -0.317 e. The number of nitrogens with zero attached hydrogens (tertiary/aromatic N) is 3. The van der Waals surface area contributed by atoms with E-state index in [0.29, 0.717) is 0 Å². The van der Waals surface area contributed by atoms with Crippen molar-refractivity contribution >= 4 is 12.4 Å². The second-order valence-corrected chi connectivity index (χ2v) is 4.52. The molecule has 1 N–H and O–H groups in total. The van der Waals surface area contributed by atoms with E-state index < -0.39 is 0 Å². The van der Waals surface area contributed by atoms with Gasteiger partial charge in [0, 0.05) is 25.5 Å².